The van der Waals surface area contributed by atoms with E-state index in [1.54, 1.807) is 0 Å². The predicted octanol–water partition coefficient (Wildman–Crippen LogP) is 1.77. The Kier molecular flexibility index (Phi) is 7.35. The van der Waals surface area contributed by atoms with E-state index in [0.29, 0.717) is 11.5 Å². The molecule has 2 nitrogen and oxygen atoms in total. The normalized spacial score (nSPS) is 11.8. The SMILES string of the molecule is CC(C)CS(=O)(=O)CC(C)C.P. The van der Waals surface area contributed by atoms with Crippen molar-refractivity contribution in [2.75, 3.05) is 11.5 Å². The first-order valence-corrected chi connectivity index (χ1v) is 5.86. The molecular formula is C8H21O2PS. The van der Waals surface area contributed by atoms with Gasteiger partial charge in [0.1, 0.15) is 0 Å². The van der Waals surface area contributed by atoms with E-state index in [9.17, 15) is 8.42 Å². The van der Waals surface area contributed by atoms with Crippen molar-refractivity contribution in [2.45, 2.75) is 27.7 Å². The fourth-order valence-electron chi connectivity index (χ4n) is 1.08. The molecule has 0 aromatic heterocycles. The van der Waals surface area contributed by atoms with Crippen LogP contribution < -0.4 is 0 Å². The lowest BCUT2D eigenvalue weighted by Crippen LogP contribution is -2.18. The lowest BCUT2D eigenvalue weighted by atomic mass is 10.3. The maximum absolute atomic E-state index is 11.3. The van der Waals surface area contributed by atoms with Gasteiger partial charge in [-0.1, -0.05) is 27.7 Å². The topological polar surface area (TPSA) is 34.1 Å². The summed E-state index contributed by atoms with van der Waals surface area (Å²) in [5.41, 5.74) is 0. The van der Waals surface area contributed by atoms with Gasteiger partial charge in [-0.15, -0.1) is 0 Å². The fourth-order valence-corrected chi connectivity index (χ4v) is 3.25. The van der Waals surface area contributed by atoms with Crippen molar-refractivity contribution in [3.8, 4) is 0 Å². The quantitative estimate of drug-likeness (QED) is 0.666. The summed E-state index contributed by atoms with van der Waals surface area (Å²) in [6.45, 7) is 7.71. The third kappa shape index (κ3) is 8.48. The second-order valence-corrected chi connectivity index (χ2v) is 6.02. The van der Waals surface area contributed by atoms with Crippen LogP contribution in [0.1, 0.15) is 27.7 Å². The molecule has 76 valence electrons. The first-order valence-electron chi connectivity index (χ1n) is 4.04. The Balaban J connectivity index is 0. The number of hydrogen-bond donors (Lipinski definition) is 0. The zero-order chi connectivity index (χ0) is 9.07. The zero-order valence-electron chi connectivity index (χ0n) is 8.50. The van der Waals surface area contributed by atoms with Crippen LogP contribution >= 0.6 is 9.90 Å². The molecular weight excluding hydrogens is 191 g/mol. The van der Waals surface area contributed by atoms with E-state index < -0.39 is 9.84 Å². The van der Waals surface area contributed by atoms with E-state index in [1.165, 1.54) is 0 Å². The lowest BCUT2D eigenvalue weighted by molar-refractivity contribution is 0.569. The minimum atomic E-state index is -2.78. The summed E-state index contributed by atoms with van der Waals surface area (Å²) in [4.78, 5) is 0. The Morgan fingerprint density at radius 1 is 0.917 bits per heavy atom. The van der Waals surface area contributed by atoms with E-state index in [2.05, 4.69) is 0 Å². The monoisotopic (exact) mass is 212 g/mol. The number of rotatable bonds is 4. The first-order chi connectivity index (χ1) is 4.83. The van der Waals surface area contributed by atoms with Gasteiger partial charge >= 0.3 is 0 Å². The first kappa shape index (κ1) is 14.9. The Bertz CT molecular complexity index is 179. The molecule has 0 amide bonds. The Hall–Kier alpha value is 0.380. The lowest BCUT2D eigenvalue weighted by Gasteiger charge is -2.08. The molecule has 0 aliphatic heterocycles. The highest BCUT2D eigenvalue weighted by molar-refractivity contribution is 7.91. The highest BCUT2D eigenvalue weighted by Gasteiger charge is 2.14. The zero-order valence-corrected chi connectivity index (χ0v) is 10.7. The Labute approximate surface area is 79.7 Å². The maximum Gasteiger partial charge on any atom is 0.150 e. The van der Waals surface area contributed by atoms with Crippen LogP contribution in [0.4, 0.5) is 0 Å². The average molecular weight is 212 g/mol. The third-order valence-electron chi connectivity index (χ3n) is 1.17. The summed E-state index contributed by atoms with van der Waals surface area (Å²) in [6, 6.07) is 0. The molecule has 0 N–H and O–H groups in total. The van der Waals surface area contributed by atoms with Crippen LogP contribution in [0.2, 0.25) is 0 Å². The Morgan fingerprint density at radius 2 is 1.17 bits per heavy atom. The predicted molar refractivity (Wildman–Crippen MR) is 59.4 cm³/mol. The molecule has 0 rings (SSSR count). The van der Waals surface area contributed by atoms with Gasteiger partial charge in [-0.2, -0.15) is 9.90 Å². The van der Waals surface area contributed by atoms with Crippen molar-refractivity contribution < 1.29 is 8.42 Å². The molecule has 0 radical (unpaired) electrons. The molecule has 0 fully saturated rings. The van der Waals surface area contributed by atoms with Gasteiger partial charge in [0.05, 0.1) is 11.5 Å². The highest BCUT2D eigenvalue weighted by atomic mass is 32.2. The van der Waals surface area contributed by atoms with Crippen LogP contribution in [-0.4, -0.2) is 19.9 Å². The second-order valence-electron chi connectivity index (χ2n) is 3.86. The summed E-state index contributed by atoms with van der Waals surface area (Å²) >= 11 is 0. The molecule has 0 saturated heterocycles. The van der Waals surface area contributed by atoms with Gasteiger partial charge in [0.2, 0.25) is 0 Å². The molecule has 1 unspecified atom stereocenters. The van der Waals surface area contributed by atoms with Gasteiger partial charge in [0.25, 0.3) is 0 Å². The molecule has 0 heterocycles. The third-order valence-corrected chi connectivity index (χ3v) is 3.52. The van der Waals surface area contributed by atoms with Crippen molar-refractivity contribution >= 4 is 19.7 Å². The van der Waals surface area contributed by atoms with Crippen molar-refractivity contribution in [3.05, 3.63) is 0 Å². The molecule has 0 aromatic rings. The van der Waals surface area contributed by atoms with E-state index in [1.807, 2.05) is 27.7 Å². The second kappa shape index (κ2) is 5.93. The van der Waals surface area contributed by atoms with E-state index >= 15 is 0 Å². The summed E-state index contributed by atoms with van der Waals surface area (Å²) in [6.07, 6.45) is 0. The van der Waals surface area contributed by atoms with E-state index in [0.717, 1.165) is 0 Å². The standard InChI is InChI=1S/C8H18O2S.H3P/c1-7(2)5-11(9,10)6-8(3)4;/h7-8H,5-6H2,1-4H3;1H3. The molecule has 4 heteroatoms. The van der Waals surface area contributed by atoms with Crippen LogP contribution in [-0.2, 0) is 9.84 Å². The molecule has 0 saturated carbocycles. The van der Waals surface area contributed by atoms with Crippen molar-refractivity contribution in [3.63, 3.8) is 0 Å². The molecule has 0 bridgehead atoms. The van der Waals surface area contributed by atoms with Gasteiger partial charge in [-0.05, 0) is 11.8 Å². The summed E-state index contributed by atoms with van der Waals surface area (Å²) < 4.78 is 22.5. The molecule has 1 atom stereocenters. The molecule has 12 heavy (non-hydrogen) atoms. The van der Waals surface area contributed by atoms with Crippen molar-refractivity contribution in [1.29, 1.82) is 0 Å². The minimum absolute atomic E-state index is 0. The number of sulfone groups is 1. The van der Waals surface area contributed by atoms with Gasteiger partial charge in [0, 0.05) is 0 Å². The highest BCUT2D eigenvalue weighted by Crippen LogP contribution is 2.05. The van der Waals surface area contributed by atoms with E-state index in [-0.39, 0.29) is 21.7 Å². The molecule has 0 aliphatic rings. The van der Waals surface area contributed by atoms with Crippen LogP contribution in [0.25, 0.3) is 0 Å². The largest absolute Gasteiger partial charge is 0.229 e. The summed E-state index contributed by atoms with van der Waals surface area (Å²) in [5, 5.41) is 0. The maximum atomic E-state index is 11.3. The van der Waals surface area contributed by atoms with Crippen LogP contribution in [0.15, 0.2) is 0 Å². The van der Waals surface area contributed by atoms with E-state index in [4.69, 9.17) is 0 Å². The summed E-state index contributed by atoms with van der Waals surface area (Å²) in [7, 11) is -2.78. The fraction of sp³-hybridized carbons (Fsp3) is 1.00. The summed E-state index contributed by atoms with van der Waals surface area (Å²) in [5.74, 6) is 1.15. The van der Waals surface area contributed by atoms with Gasteiger partial charge in [0.15, 0.2) is 9.84 Å². The molecule has 0 aromatic carbocycles. The van der Waals surface area contributed by atoms with Crippen molar-refractivity contribution in [1.82, 2.24) is 0 Å². The molecule has 0 aliphatic carbocycles. The average Bonchev–Trinajstić information content (AvgIpc) is 1.53. The van der Waals surface area contributed by atoms with Crippen molar-refractivity contribution in [2.24, 2.45) is 11.8 Å². The van der Waals surface area contributed by atoms with Gasteiger partial charge in [-0.25, -0.2) is 8.42 Å². The van der Waals surface area contributed by atoms with Gasteiger partial charge in [-0.3, -0.25) is 0 Å². The Morgan fingerprint density at radius 3 is 1.33 bits per heavy atom. The van der Waals surface area contributed by atoms with Crippen LogP contribution in [0, 0.1) is 11.8 Å². The van der Waals surface area contributed by atoms with Gasteiger partial charge < -0.3 is 0 Å². The van der Waals surface area contributed by atoms with Crippen LogP contribution in [0.5, 0.6) is 0 Å². The minimum Gasteiger partial charge on any atom is -0.229 e. The molecule has 0 spiro atoms. The van der Waals surface area contributed by atoms with Crippen LogP contribution in [0.3, 0.4) is 0 Å². The number of hydrogen-bond acceptors (Lipinski definition) is 2. The smallest absolute Gasteiger partial charge is 0.150 e.